The van der Waals surface area contributed by atoms with Crippen molar-refractivity contribution in [3.05, 3.63) is 48.0 Å². The van der Waals surface area contributed by atoms with E-state index < -0.39 is 0 Å². The molecule has 7 heteroatoms. The number of carbonyl (C=O) groups is 1. The van der Waals surface area contributed by atoms with E-state index in [1.165, 1.54) is 0 Å². The fourth-order valence-corrected chi connectivity index (χ4v) is 2.57. The molecule has 0 bridgehead atoms. The standard InChI is InChI=1S/C18H18N2O4S/c1-2-22-14-6-4-3-5-13(14)19-18(25)20-17(21)12-7-8-15-16(11-12)24-10-9-23-15/h3-8,11H,2,9-10H2,1H3,(H2,19,20,21,25). The minimum absolute atomic E-state index is 0.187. The van der Waals surface area contributed by atoms with Crippen molar-refractivity contribution in [2.24, 2.45) is 0 Å². The number of hydrogen-bond acceptors (Lipinski definition) is 5. The number of thiocarbonyl (C=S) groups is 1. The van der Waals surface area contributed by atoms with E-state index in [4.69, 9.17) is 26.4 Å². The van der Waals surface area contributed by atoms with E-state index in [2.05, 4.69) is 10.6 Å². The van der Waals surface area contributed by atoms with Crippen LogP contribution in [0.2, 0.25) is 0 Å². The molecule has 1 heterocycles. The van der Waals surface area contributed by atoms with Gasteiger partial charge in [-0.05, 0) is 49.5 Å². The second-order valence-corrected chi connectivity index (χ2v) is 5.60. The van der Waals surface area contributed by atoms with E-state index >= 15 is 0 Å². The van der Waals surface area contributed by atoms with Gasteiger partial charge in [0, 0.05) is 5.56 Å². The molecular weight excluding hydrogens is 340 g/mol. The zero-order valence-corrected chi connectivity index (χ0v) is 14.5. The first-order valence-corrected chi connectivity index (χ1v) is 8.32. The summed E-state index contributed by atoms with van der Waals surface area (Å²) in [7, 11) is 0. The molecule has 0 unspecified atom stereocenters. The minimum atomic E-state index is -0.330. The predicted molar refractivity (Wildman–Crippen MR) is 98.7 cm³/mol. The van der Waals surface area contributed by atoms with Gasteiger partial charge >= 0.3 is 0 Å². The largest absolute Gasteiger partial charge is 0.492 e. The van der Waals surface area contributed by atoms with E-state index in [0.29, 0.717) is 48.3 Å². The lowest BCUT2D eigenvalue weighted by atomic mass is 10.2. The maximum absolute atomic E-state index is 12.4. The van der Waals surface area contributed by atoms with Gasteiger partial charge in [0.15, 0.2) is 16.6 Å². The number of nitrogens with one attached hydrogen (secondary N) is 2. The van der Waals surface area contributed by atoms with Gasteiger partial charge in [-0.15, -0.1) is 0 Å². The van der Waals surface area contributed by atoms with Crippen LogP contribution in [0.15, 0.2) is 42.5 Å². The Morgan fingerprint density at radius 3 is 2.72 bits per heavy atom. The van der Waals surface area contributed by atoms with Crippen molar-refractivity contribution >= 4 is 28.9 Å². The summed E-state index contributed by atoms with van der Waals surface area (Å²) in [6.45, 7) is 3.41. The summed E-state index contributed by atoms with van der Waals surface area (Å²) in [5.41, 5.74) is 1.13. The van der Waals surface area contributed by atoms with Gasteiger partial charge in [-0.3, -0.25) is 10.1 Å². The fourth-order valence-electron chi connectivity index (χ4n) is 2.36. The maximum Gasteiger partial charge on any atom is 0.257 e. The molecule has 0 saturated carbocycles. The predicted octanol–water partition coefficient (Wildman–Crippen LogP) is 2.98. The molecule has 2 N–H and O–H groups in total. The Morgan fingerprint density at radius 1 is 1.16 bits per heavy atom. The van der Waals surface area contributed by atoms with Crippen molar-refractivity contribution in [1.29, 1.82) is 0 Å². The molecule has 0 spiro atoms. The summed E-state index contributed by atoms with van der Waals surface area (Å²) in [6.07, 6.45) is 0. The number of rotatable bonds is 4. The molecular formula is C18H18N2O4S. The van der Waals surface area contributed by atoms with Crippen LogP contribution in [0.25, 0.3) is 0 Å². The second-order valence-electron chi connectivity index (χ2n) is 5.20. The molecule has 1 aliphatic heterocycles. The summed E-state index contributed by atoms with van der Waals surface area (Å²) < 4.78 is 16.5. The third kappa shape index (κ3) is 4.19. The number of amides is 1. The molecule has 0 saturated heterocycles. The quantitative estimate of drug-likeness (QED) is 0.819. The van der Waals surface area contributed by atoms with Crippen LogP contribution in [-0.4, -0.2) is 30.8 Å². The number of carbonyl (C=O) groups excluding carboxylic acids is 1. The van der Waals surface area contributed by atoms with E-state index in [1.807, 2.05) is 31.2 Å². The smallest absolute Gasteiger partial charge is 0.257 e. The molecule has 1 aliphatic rings. The number of ether oxygens (including phenoxy) is 3. The normalized spacial score (nSPS) is 12.2. The highest BCUT2D eigenvalue weighted by Crippen LogP contribution is 2.30. The van der Waals surface area contributed by atoms with Gasteiger partial charge < -0.3 is 19.5 Å². The number of hydrogen-bond donors (Lipinski definition) is 2. The van der Waals surface area contributed by atoms with Crippen molar-refractivity contribution < 1.29 is 19.0 Å². The summed E-state index contributed by atoms with van der Waals surface area (Å²) in [6, 6.07) is 12.4. The van der Waals surface area contributed by atoms with E-state index in [1.54, 1.807) is 18.2 Å². The number of anilines is 1. The van der Waals surface area contributed by atoms with Gasteiger partial charge in [-0.25, -0.2) is 0 Å². The van der Waals surface area contributed by atoms with Crippen molar-refractivity contribution in [2.75, 3.05) is 25.1 Å². The number of fused-ring (bicyclic) bond motifs is 1. The van der Waals surface area contributed by atoms with Crippen LogP contribution < -0.4 is 24.8 Å². The third-order valence-electron chi connectivity index (χ3n) is 3.47. The van der Waals surface area contributed by atoms with Crippen molar-refractivity contribution in [3.63, 3.8) is 0 Å². The molecule has 1 amide bonds. The van der Waals surface area contributed by atoms with Crippen LogP contribution in [0.1, 0.15) is 17.3 Å². The molecule has 0 fully saturated rings. The minimum Gasteiger partial charge on any atom is -0.492 e. The lowest BCUT2D eigenvalue weighted by Crippen LogP contribution is -2.34. The van der Waals surface area contributed by atoms with Gasteiger partial charge in [0.05, 0.1) is 12.3 Å². The molecule has 0 aliphatic carbocycles. The Hall–Kier alpha value is -2.80. The zero-order chi connectivity index (χ0) is 17.6. The highest BCUT2D eigenvalue weighted by Gasteiger charge is 2.16. The fraction of sp³-hybridized carbons (Fsp3) is 0.222. The lowest BCUT2D eigenvalue weighted by Gasteiger charge is -2.19. The number of benzene rings is 2. The Morgan fingerprint density at radius 2 is 1.92 bits per heavy atom. The first kappa shape index (κ1) is 17.0. The summed E-state index contributed by atoms with van der Waals surface area (Å²) >= 11 is 5.22. The van der Waals surface area contributed by atoms with Crippen LogP contribution in [0.5, 0.6) is 17.2 Å². The van der Waals surface area contributed by atoms with Gasteiger partial charge in [-0.2, -0.15) is 0 Å². The maximum atomic E-state index is 12.4. The van der Waals surface area contributed by atoms with Gasteiger partial charge in [-0.1, -0.05) is 12.1 Å². The van der Waals surface area contributed by atoms with Crippen molar-refractivity contribution in [2.45, 2.75) is 6.92 Å². The number of para-hydroxylation sites is 2. The Balaban J connectivity index is 1.66. The van der Waals surface area contributed by atoms with E-state index in [9.17, 15) is 4.79 Å². The van der Waals surface area contributed by atoms with Crippen LogP contribution in [0.4, 0.5) is 5.69 Å². The monoisotopic (exact) mass is 358 g/mol. The van der Waals surface area contributed by atoms with Gasteiger partial charge in [0.25, 0.3) is 5.91 Å². The molecule has 2 aromatic carbocycles. The third-order valence-corrected chi connectivity index (χ3v) is 3.67. The average Bonchev–Trinajstić information content (AvgIpc) is 2.63. The molecule has 25 heavy (non-hydrogen) atoms. The van der Waals surface area contributed by atoms with Gasteiger partial charge in [0.1, 0.15) is 19.0 Å². The molecule has 0 aromatic heterocycles. The van der Waals surface area contributed by atoms with Crippen molar-refractivity contribution in [1.82, 2.24) is 5.32 Å². The van der Waals surface area contributed by atoms with Crippen LogP contribution in [0, 0.1) is 0 Å². The van der Waals surface area contributed by atoms with Crippen LogP contribution in [-0.2, 0) is 0 Å². The van der Waals surface area contributed by atoms with Gasteiger partial charge in [0.2, 0.25) is 0 Å². The Labute approximate surface area is 151 Å². The topological polar surface area (TPSA) is 68.8 Å². The Kier molecular flexibility index (Phi) is 5.35. The van der Waals surface area contributed by atoms with Crippen LogP contribution >= 0.6 is 12.2 Å². The molecule has 3 rings (SSSR count). The highest BCUT2D eigenvalue weighted by atomic mass is 32.1. The summed E-state index contributed by atoms with van der Waals surface area (Å²) in [5.74, 6) is 1.53. The highest BCUT2D eigenvalue weighted by molar-refractivity contribution is 7.80. The van der Waals surface area contributed by atoms with Crippen LogP contribution in [0.3, 0.4) is 0 Å². The summed E-state index contributed by atoms with van der Waals surface area (Å²) in [4.78, 5) is 12.4. The molecule has 6 nitrogen and oxygen atoms in total. The average molecular weight is 358 g/mol. The Bertz CT molecular complexity index is 794. The van der Waals surface area contributed by atoms with Crippen molar-refractivity contribution in [3.8, 4) is 17.2 Å². The van der Waals surface area contributed by atoms with E-state index in [0.717, 1.165) is 0 Å². The molecule has 2 aromatic rings. The first-order valence-electron chi connectivity index (χ1n) is 7.91. The molecule has 0 atom stereocenters. The molecule has 0 radical (unpaired) electrons. The second kappa shape index (κ2) is 7.85. The first-order chi connectivity index (χ1) is 12.2. The summed E-state index contributed by atoms with van der Waals surface area (Å²) in [5, 5.41) is 5.81. The van der Waals surface area contributed by atoms with E-state index in [-0.39, 0.29) is 11.0 Å². The zero-order valence-electron chi connectivity index (χ0n) is 13.7. The molecule has 130 valence electrons. The lowest BCUT2D eigenvalue weighted by molar-refractivity contribution is 0.0976. The SMILES string of the molecule is CCOc1ccccc1NC(=S)NC(=O)c1ccc2c(c1)OCCO2.